The lowest BCUT2D eigenvalue weighted by Gasteiger charge is -2.44. The lowest BCUT2D eigenvalue weighted by atomic mass is 9.87. The van der Waals surface area contributed by atoms with E-state index in [1.165, 1.54) is 19.3 Å². The Labute approximate surface area is 135 Å². The SMILES string of the molecule is O=C(Cc1ccc(Cl)c(Cl)c1)N1CCNC2CCCCC21. The van der Waals surface area contributed by atoms with E-state index < -0.39 is 0 Å². The topological polar surface area (TPSA) is 32.3 Å². The number of hydrogen-bond donors (Lipinski definition) is 1. The van der Waals surface area contributed by atoms with Gasteiger partial charge in [0.15, 0.2) is 0 Å². The molecule has 21 heavy (non-hydrogen) atoms. The average Bonchev–Trinajstić information content (AvgIpc) is 2.50. The molecule has 1 saturated heterocycles. The Morgan fingerprint density at radius 3 is 2.86 bits per heavy atom. The third-order valence-electron chi connectivity index (χ3n) is 4.55. The zero-order chi connectivity index (χ0) is 14.8. The number of fused-ring (bicyclic) bond motifs is 1. The zero-order valence-corrected chi connectivity index (χ0v) is 13.5. The molecular formula is C16H20Cl2N2O. The average molecular weight is 327 g/mol. The van der Waals surface area contributed by atoms with Crippen LogP contribution >= 0.6 is 23.2 Å². The van der Waals surface area contributed by atoms with Gasteiger partial charge in [-0.05, 0) is 30.5 Å². The van der Waals surface area contributed by atoms with E-state index in [-0.39, 0.29) is 5.91 Å². The molecular weight excluding hydrogens is 307 g/mol. The van der Waals surface area contributed by atoms with Gasteiger partial charge < -0.3 is 10.2 Å². The van der Waals surface area contributed by atoms with E-state index in [0.717, 1.165) is 25.1 Å². The molecule has 0 radical (unpaired) electrons. The molecule has 1 heterocycles. The van der Waals surface area contributed by atoms with Gasteiger partial charge in [0.2, 0.25) is 5.91 Å². The van der Waals surface area contributed by atoms with Gasteiger partial charge in [-0.3, -0.25) is 4.79 Å². The predicted octanol–water partition coefficient (Wildman–Crippen LogP) is 3.28. The maximum atomic E-state index is 12.6. The van der Waals surface area contributed by atoms with E-state index in [2.05, 4.69) is 10.2 Å². The van der Waals surface area contributed by atoms with Gasteiger partial charge in [-0.1, -0.05) is 42.1 Å². The third kappa shape index (κ3) is 3.36. The van der Waals surface area contributed by atoms with Gasteiger partial charge in [0.05, 0.1) is 16.5 Å². The third-order valence-corrected chi connectivity index (χ3v) is 5.29. The fraction of sp³-hybridized carbons (Fsp3) is 0.562. The molecule has 2 fully saturated rings. The number of nitrogens with one attached hydrogen (secondary N) is 1. The first-order valence-corrected chi connectivity index (χ1v) is 8.37. The van der Waals surface area contributed by atoms with Crippen molar-refractivity contribution in [2.45, 2.75) is 44.2 Å². The van der Waals surface area contributed by atoms with E-state index >= 15 is 0 Å². The highest BCUT2D eigenvalue weighted by atomic mass is 35.5. The number of halogens is 2. The number of nitrogens with zero attached hydrogens (tertiary/aromatic N) is 1. The summed E-state index contributed by atoms with van der Waals surface area (Å²) < 4.78 is 0. The van der Waals surface area contributed by atoms with Crippen LogP contribution in [0.2, 0.25) is 10.0 Å². The summed E-state index contributed by atoms with van der Waals surface area (Å²) in [5.74, 6) is 0.201. The van der Waals surface area contributed by atoms with Crippen molar-refractivity contribution >= 4 is 29.1 Å². The maximum Gasteiger partial charge on any atom is 0.227 e. The summed E-state index contributed by atoms with van der Waals surface area (Å²) in [6, 6.07) is 6.27. The molecule has 5 heteroatoms. The lowest BCUT2D eigenvalue weighted by molar-refractivity contribution is -0.135. The standard InChI is InChI=1S/C16H20Cl2N2O/c17-12-6-5-11(9-13(12)18)10-16(21)20-8-7-19-14-3-1-2-4-15(14)20/h5-6,9,14-15,19H,1-4,7-8,10H2. The van der Waals surface area contributed by atoms with E-state index in [0.29, 0.717) is 28.5 Å². The van der Waals surface area contributed by atoms with Crippen LogP contribution in [0.5, 0.6) is 0 Å². The summed E-state index contributed by atoms with van der Waals surface area (Å²) in [5, 5.41) is 4.60. The first-order chi connectivity index (χ1) is 10.1. The molecule has 1 N–H and O–H groups in total. The molecule has 3 nitrogen and oxygen atoms in total. The van der Waals surface area contributed by atoms with Crippen LogP contribution < -0.4 is 5.32 Å². The van der Waals surface area contributed by atoms with E-state index in [1.54, 1.807) is 12.1 Å². The van der Waals surface area contributed by atoms with Crippen molar-refractivity contribution in [1.82, 2.24) is 10.2 Å². The maximum absolute atomic E-state index is 12.6. The quantitative estimate of drug-likeness (QED) is 0.904. The highest BCUT2D eigenvalue weighted by Crippen LogP contribution is 2.27. The molecule has 1 aliphatic heterocycles. The Bertz CT molecular complexity index is 533. The molecule has 1 amide bonds. The van der Waals surface area contributed by atoms with Crippen molar-refractivity contribution in [1.29, 1.82) is 0 Å². The highest BCUT2D eigenvalue weighted by Gasteiger charge is 2.35. The fourth-order valence-electron chi connectivity index (χ4n) is 3.49. The Morgan fingerprint density at radius 2 is 2.05 bits per heavy atom. The summed E-state index contributed by atoms with van der Waals surface area (Å²) in [6.45, 7) is 1.70. The second-order valence-corrected chi connectivity index (χ2v) is 6.74. The van der Waals surface area contributed by atoms with E-state index in [1.807, 2.05) is 6.07 Å². The van der Waals surface area contributed by atoms with E-state index in [9.17, 15) is 4.79 Å². The molecule has 0 spiro atoms. The first kappa shape index (κ1) is 15.1. The molecule has 2 aliphatic rings. The molecule has 3 rings (SSSR count). The molecule has 2 atom stereocenters. The number of piperazine rings is 1. The predicted molar refractivity (Wildman–Crippen MR) is 85.9 cm³/mol. The zero-order valence-electron chi connectivity index (χ0n) is 11.9. The van der Waals surface area contributed by atoms with Crippen LogP contribution in [0.3, 0.4) is 0 Å². The number of benzene rings is 1. The van der Waals surface area contributed by atoms with Gasteiger partial charge in [-0.15, -0.1) is 0 Å². The number of rotatable bonds is 2. The highest BCUT2D eigenvalue weighted by molar-refractivity contribution is 6.42. The minimum absolute atomic E-state index is 0.201. The van der Waals surface area contributed by atoms with Crippen LogP contribution in [0.4, 0.5) is 0 Å². The monoisotopic (exact) mass is 326 g/mol. The molecule has 1 aromatic carbocycles. The minimum Gasteiger partial charge on any atom is -0.337 e. The minimum atomic E-state index is 0.201. The van der Waals surface area contributed by atoms with Gasteiger partial charge in [0, 0.05) is 25.2 Å². The lowest BCUT2D eigenvalue weighted by Crippen LogP contribution is -2.60. The Kier molecular flexibility index (Phi) is 4.72. The Hall–Kier alpha value is -0.770. The van der Waals surface area contributed by atoms with Crippen LogP contribution in [-0.4, -0.2) is 36.0 Å². The molecule has 1 saturated carbocycles. The molecule has 114 valence electrons. The van der Waals surface area contributed by atoms with Gasteiger partial charge in [-0.25, -0.2) is 0 Å². The second-order valence-electron chi connectivity index (χ2n) is 5.92. The molecule has 2 unspecified atom stereocenters. The summed E-state index contributed by atoms with van der Waals surface area (Å²) in [7, 11) is 0. The van der Waals surface area contributed by atoms with Gasteiger partial charge >= 0.3 is 0 Å². The summed E-state index contributed by atoms with van der Waals surface area (Å²) in [5.41, 5.74) is 0.931. The normalized spacial score (nSPS) is 25.5. The van der Waals surface area contributed by atoms with Gasteiger partial charge in [0.1, 0.15) is 0 Å². The number of carbonyl (C=O) groups excluding carboxylic acids is 1. The van der Waals surface area contributed by atoms with Crippen molar-refractivity contribution in [3.8, 4) is 0 Å². The summed E-state index contributed by atoms with van der Waals surface area (Å²) in [6.07, 6.45) is 5.19. The van der Waals surface area contributed by atoms with Crippen LogP contribution in [0.15, 0.2) is 18.2 Å². The summed E-state index contributed by atoms with van der Waals surface area (Å²) >= 11 is 11.9. The van der Waals surface area contributed by atoms with Crippen molar-refractivity contribution in [2.75, 3.05) is 13.1 Å². The van der Waals surface area contributed by atoms with Crippen LogP contribution in [-0.2, 0) is 11.2 Å². The van der Waals surface area contributed by atoms with Crippen LogP contribution in [0, 0.1) is 0 Å². The number of amides is 1. The van der Waals surface area contributed by atoms with Crippen LogP contribution in [0.1, 0.15) is 31.2 Å². The Morgan fingerprint density at radius 1 is 1.24 bits per heavy atom. The second kappa shape index (κ2) is 6.55. The molecule has 1 aliphatic carbocycles. The first-order valence-electron chi connectivity index (χ1n) is 7.62. The van der Waals surface area contributed by atoms with Crippen molar-refractivity contribution in [3.63, 3.8) is 0 Å². The van der Waals surface area contributed by atoms with Crippen molar-refractivity contribution in [2.24, 2.45) is 0 Å². The van der Waals surface area contributed by atoms with Crippen molar-refractivity contribution in [3.05, 3.63) is 33.8 Å². The molecule has 0 bridgehead atoms. The van der Waals surface area contributed by atoms with Gasteiger partial charge in [0.25, 0.3) is 0 Å². The van der Waals surface area contributed by atoms with Crippen LogP contribution in [0.25, 0.3) is 0 Å². The van der Waals surface area contributed by atoms with Crippen molar-refractivity contribution < 1.29 is 4.79 Å². The largest absolute Gasteiger partial charge is 0.337 e. The smallest absolute Gasteiger partial charge is 0.227 e. The summed E-state index contributed by atoms with van der Waals surface area (Å²) in [4.78, 5) is 14.7. The van der Waals surface area contributed by atoms with Gasteiger partial charge in [-0.2, -0.15) is 0 Å². The van der Waals surface area contributed by atoms with E-state index in [4.69, 9.17) is 23.2 Å². The number of hydrogen-bond acceptors (Lipinski definition) is 2. The Balaban J connectivity index is 1.70. The number of carbonyl (C=O) groups is 1. The fourth-order valence-corrected chi connectivity index (χ4v) is 3.81. The molecule has 1 aromatic rings. The molecule has 0 aromatic heterocycles.